The molecule has 98 valence electrons. The van der Waals surface area contributed by atoms with Crippen molar-refractivity contribution in [3.05, 3.63) is 0 Å². The molecule has 0 radical (unpaired) electrons. The van der Waals surface area contributed by atoms with Crippen LogP contribution in [0.2, 0.25) is 0 Å². The maximum Gasteiger partial charge on any atom is 0.407 e. The van der Waals surface area contributed by atoms with Crippen molar-refractivity contribution in [2.75, 3.05) is 7.11 Å². The smallest absolute Gasteiger partial charge is 0.407 e. The second kappa shape index (κ2) is 5.86. The molecule has 1 heterocycles. The van der Waals surface area contributed by atoms with Gasteiger partial charge in [0.1, 0.15) is 6.04 Å². The Bertz CT molecular complexity index is 284. The van der Waals surface area contributed by atoms with Gasteiger partial charge in [0.15, 0.2) is 0 Å². The Morgan fingerprint density at radius 3 is 2.29 bits per heavy atom. The van der Waals surface area contributed by atoms with Crippen LogP contribution in [0.25, 0.3) is 0 Å². The van der Waals surface area contributed by atoms with Crippen molar-refractivity contribution in [2.24, 2.45) is 5.92 Å². The molecule has 1 saturated heterocycles. The Hall–Kier alpha value is -1.30. The van der Waals surface area contributed by atoms with Crippen LogP contribution in [0.3, 0.4) is 0 Å². The topological polar surface area (TPSA) is 84.9 Å². The fourth-order valence-electron chi connectivity index (χ4n) is 2.30. The van der Waals surface area contributed by atoms with E-state index in [1.165, 1.54) is 7.11 Å². The summed E-state index contributed by atoms with van der Waals surface area (Å²) in [6.07, 6.45) is 0.524. The number of alkyl carbamates (subject to hydrolysis) is 1. The predicted molar refractivity (Wildman–Crippen MR) is 59.7 cm³/mol. The fourth-order valence-corrected chi connectivity index (χ4v) is 2.30. The molecule has 0 aromatic rings. The van der Waals surface area contributed by atoms with Crippen molar-refractivity contribution < 1.29 is 24.2 Å². The summed E-state index contributed by atoms with van der Waals surface area (Å²) >= 11 is 0. The van der Waals surface area contributed by atoms with Crippen LogP contribution in [-0.2, 0) is 14.3 Å². The maximum atomic E-state index is 11.2. The van der Waals surface area contributed by atoms with E-state index in [0.29, 0.717) is 12.8 Å². The van der Waals surface area contributed by atoms with Crippen LogP contribution in [0.5, 0.6) is 0 Å². The molecule has 2 N–H and O–H groups in total. The molecular weight excluding hydrogens is 226 g/mol. The monoisotopic (exact) mass is 245 g/mol. The lowest BCUT2D eigenvalue weighted by molar-refractivity contribution is -0.143. The van der Waals surface area contributed by atoms with Crippen molar-refractivity contribution in [3.8, 4) is 0 Å². The number of hydrogen-bond donors (Lipinski definition) is 2. The Morgan fingerprint density at radius 2 is 1.88 bits per heavy atom. The molecule has 0 spiro atoms. The summed E-state index contributed by atoms with van der Waals surface area (Å²) in [5.41, 5.74) is 0. The third kappa shape index (κ3) is 3.89. The number of carbonyl (C=O) groups excluding carboxylic acids is 1. The first-order chi connectivity index (χ1) is 7.93. The first-order valence-electron chi connectivity index (χ1n) is 5.66. The predicted octanol–water partition coefficient (Wildman–Crippen LogP) is 0.999. The molecular formula is C11H19NO5. The number of rotatable bonds is 3. The molecule has 6 heteroatoms. The van der Waals surface area contributed by atoms with Gasteiger partial charge in [-0.25, -0.2) is 9.59 Å². The zero-order chi connectivity index (χ0) is 13.0. The zero-order valence-corrected chi connectivity index (χ0v) is 10.3. The van der Waals surface area contributed by atoms with Crippen LogP contribution in [0.15, 0.2) is 0 Å². The molecule has 6 nitrogen and oxygen atoms in total. The molecule has 17 heavy (non-hydrogen) atoms. The van der Waals surface area contributed by atoms with Crippen molar-refractivity contribution in [3.63, 3.8) is 0 Å². The minimum Gasteiger partial charge on any atom is -0.480 e. The van der Waals surface area contributed by atoms with E-state index in [1.807, 2.05) is 13.8 Å². The van der Waals surface area contributed by atoms with Gasteiger partial charge in [-0.3, -0.25) is 0 Å². The van der Waals surface area contributed by atoms with Crippen molar-refractivity contribution in [2.45, 2.75) is 44.9 Å². The molecule has 1 rings (SSSR count). The number of carboxylic acid groups (broad SMARTS) is 1. The summed E-state index contributed by atoms with van der Waals surface area (Å²) in [7, 11) is 1.21. The largest absolute Gasteiger partial charge is 0.480 e. The number of nitrogens with one attached hydrogen (secondary N) is 1. The van der Waals surface area contributed by atoms with Crippen molar-refractivity contribution in [1.82, 2.24) is 5.32 Å². The van der Waals surface area contributed by atoms with Gasteiger partial charge in [0.05, 0.1) is 19.3 Å². The van der Waals surface area contributed by atoms with Gasteiger partial charge < -0.3 is 19.9 Å². The quantitative estimate of drug-likeness (QED) is 0.774. The molecule has 1 aliphatic rings. The van der Waals surface area contributed by atoms with E-state index in [4.69, 9.17) is 9.84 Å². The number of hydrogen-bond acceptors (Lipinski definition) is 4. The molecule has 1 fully saturated rings. The highest BCUT2D eigenvalue weighted by atomic mass is 16.5. The van der Waals surface area contributed by atoms with Gasteiger partial charge in [-0.05, 0) is 32.6 Å². The minimum atomic E-state index is -1.04. The first kappa shape index (κ1) is 13.8. The third-order valence-electron chi connectivity index (χ3n) is 2.93. The lowest BCUT2D eigenvalue weighted by atomic mass is 9.86. The Balaban J connectivity index is 2.69. The van der Waals surface area contributed by atoms with Crippen LogP contribution >= 0.6 is 0 Å². The second-order valence-corrected chi connectivity index (χ2v) is 4.44. The van der Waals surface area contributed by atoms with Gasteiger partial charge in [0.25, 0.3) is 0 Å². The third-order valence-corrected chi connectivity index (χ3v) is 2.93. The molecule has 0 aliphatic carbocycles. The highest BCUT2D eigenvalue weighted by Gasteiger charge is 2.35. The van der Waals surface area contributed by atoms with E-state index < -0.39 is 18.1 Å². The van der Waals surface area contributed by atoms with Gasteiger partial charge >= 0.3 is 12.1 Å². The number of aliphatic carboxylic acids is 1. The highest BCUT2D eigenvalue weighted by Crippen LogP contribution is 2.27. The summed E-state index contributed by atoms with van der Waals surface area (Å²) in [6, 6.07) is -0.920. The lowest BCUT2D eigenvalue weighted by Gasteiger charge is -2.35. The number of carbonyl (C=O) groups is 2. The van der Waals surface area contributed by atoms with Gasteiger partial charge in [-0.1, -0.05) is 0 Å². The minimum absolute atomic E-state index is 0.00467. The van der Waals surface area contributed by atoms with E-state index in [0.717, 1.165) is 0 Å². The van der Waals surface area contributed by atoms with E-state index in [-0.39, 0.29) is 18.1 Å². The Labute approximate surface area is 100 Å². The normalized spacial score (nSPS) is 30.4. The molecule has 1 unspecified atom stereocenters. The van der Waals surface area contributed by atoms with E-state index in [1.54, 1.807) is 0 Å². The van der Waals surface area contributed by atoms with Crippen LogP contribution in [0, 0.1) is 5.92 Å². The average molecular weight is 245 g/mol. The van der Waals surface area contributed by atoms with Crippen LogP contribution < -0.4 is 5.32 Å². The molecule has 0 bridgehead atoms. The van der Waals surface area contributed by atoms with Gasteiger partial charge in [-0.2, -0.15) is 0 Å². The molecule has 0 saturated carbocycles. The summed E-state index contributed by atoms with van der Waals surface area (Å²) in [6.45, 7) is 3.80. The summed E-state index contributed by atoms with van der Waals surface area (Å²) in [5, 5.41) is 11.5. The van der Waals surface area contributed by atoms with E-state index in [9.17, 15) is 9.59 Å². The summed E-state index contributed by atoms with van der Waals surface area (Å²) in [5.74, 6) is -1.17. The second-order valence-electron chi connectivity index (χ2n) is 4.44. The molecule has 4 atom stereocenters. The molecule has 1 amide bonds. The van der Waals surface area contributed by atoms with E-state index >= 15 is 0 Å². The lowest BCUT2D eigenvalue weighted by Crippen LogP contribution is -2.49. The molecule has 0 aromatic heterocycles. The SMILES string of the molecule is COC(=O)NC(C(=O)O)[C@@H]1C[C@@H](C)O[C@@H](C)C1. The number of ether oxygens (including phenoxy) is 2. The average Bonchev–Trinajstić information content (AvgIpc) is 2.23. The van der Waals surface area contributed by atoms with Gasteiger partial charge in [0.2, 0.25) is 0 Å². The Kier molecular flexibility index (Phi) is 4.74. The van der Waals surface area contributed by atoms with Crippen molar-refractivity contribution in [1.29, 1.82) is 0 Å². The van der Waals surface area contributed by atoms with E-state index in [2.05, 4.69) is 10.1 Å². The number of methoxy groups -OCH3 is 1. The van der Waals surface area contributed by atoms with Crippen LogP contribution in [0.4, 0.5) is 4.79 Å². The summed E-state index contributed by atoms with van der Waals surface area (Å²) < 4.78 is 9.97. The van der Waals surface area contributed by atoms with Gasteiger partial charge in [-0.15, -0.1) is 0 Å². The number of carboxylic acids is 1. The number of amides is 1. The van der Waals surface area contributed by atoms with Gasteiger partial charge in [0, 0.05) is 0 Å². The van der Waals surface area contributed by atoms with Crippen LogP contribution in [-0.4, -0.2) is 42.5 Å². The Morgan fingerprint density at radius 1 is 1.35 bits per heavy atom. The standard InChI is InChI=1S/C11H19NO5/c1-6-4-8(5-7(2)17-6)9(10(13)14)12-11(15)16-3/h6-9H,4-5H2,1-3H3,(H,12,15)(H,13,14)/t6-,7+,8-,9?. The summed E-state index contributed by atoms with van der Waals surface area (Å²) in [4.78, 5) is 22.3. The fraction of sp³-hybridized carbons (Fsp3) is 0.818. The first-order valence-corrected chi connectivity index (χ1v) is 5.66. The highest BCUT2D eigenvalue weighted by molar-refractivity contribution is 5.80. The van der Waals surface area contributed by atoms with Crippen molar-refractivity contribution >= 4 is 12.1 Å². The van der Waals surface area contributed by atoms with Crippen LogP contribution in [0.1, 0.15) is 26.7 Å². The zero-order valence-electron chi connectivity index (χ0n) is 10.3. The maximum absolute atomic E-state index is 11.2. The molecule has 1 aliphatic heterocycles. The molecule has 0 aromatic carbocycles.